The van der Waals surface area contributed by atoms with E-state index < -0.39 is 37.0 Å². The first kappa shape index (κ1) is 15.6. The predicted octanol–water partition coefficient (Wildman–Crippen LogP) is 0.750. The van der Waals surface area contributed by atoms with E-state index in [0.717, 1.165) is 5.56 Å². The molecule has 1 aromatic rings. The maximum absolute atomic E-state index is 10.3. The summed E-state index contributed by atoms with van der Waals surface area (Å²) >= 11 is 0. The molecule has 0 aromatic heterocycles. The van der Waals surface area contributed by atoms with E-state index in [2.05, 4.69) is 6.58 Å². The van der Waals surface area contributed by atoms with Crippen molar-refractivity contribution in [3.8, 4) is 0 Å². The molecule has 120 valence electrons. The van der Waals surface area contributed by atoms with Crippen LogP contribution >= 0.6 is 0 Å². The minimum Gasteiger partial charge on any atom is -0.387 e. The van der Waals surface area contributed by atoms with Crippen molar-refractivity contribution >= 4 is 0 Å². The smallest absolute Gasteiger partial charge is 0.187 e. The molecular weight excluding hydrogens is 288 g/mol. The minimum atomic E-state index is -1.18. The third-order valence-corrected chi connectivity index (χ3v) is 3.78. The molecule has 6 nitrogen and oxygen atoms in total. The van der Waals surface area contributed by atoms with Gasteiger partial charge in [0.05, 0.1) is 13.2 Å². The standard InChI is InChI=1S/C16H20O6/c1-2-8-19-16-13(18)12(17)14-11(21-16)9-20-15(22-14)10-6-4-3-5-7-10/h2-7,11-18H,1,8-9H2/t11-,12-,13+,14-,15?,16+/m1/s1. The monoisotopic (exact) mass is 308 g/mol. The van der Waals surface area contributed by atoms with Crippen molar-refractivity contribution in [3.63, 3.8) is 0 Å². The van der Waals surface area contributed by atoms with E-state index in [9.17, 15) is 10.2 Å². The van der Waals surface area contributed by atoms with Crippen molar-refractivity contribution < 1.29 is 29.2 Å². The summed E-state index contributed by atoms with van der Waals surface area (Å²) in [6.45, 7) is 4.01. The van der Waals surface area contributed by atoms with Crippen LogP contribution in [0.15, 0.2) is 43.0 Å². The van der Waals surface area contributed by atoms with E-state index in [-0.39, 0.29) is 13.2 Å². The predicted molar refractivity (Wildman–Crippen MR) is 76.8 cm³/mol. The molecule has 2 heterocycles. The van der Waals surface area contributed by atoms with Gasteiger partial charge in [0.1, 0.15) is 24.4 Å². The molecule has 3 rings (SSSR count). The summed E-state index contributed by atoms with van der Waals surface area (Å²) in [6.07, 6.45) is -3.41. The van der Waals surface area contributed by atoms with E-state index in [4.69, 9.17) is 18.9 Å². The van der Waals surface area contributed by atoms with Gasteiger partial charge in [0, 0.05) is 5.56 Å². The quantitative estimate of drug-likeness (QED) is 0.799. The Balaban J connectivity index is 1.69. The SMILES string of the molecule is C=CCO[C@H]1O[C@@H]2COC(c3ccccc3)O[C@H]2[C@H](O)[C@@H]1O. The molecule has 0 saturated carbocycles. The Morgan fingerprint density at radius 2 is 1.95 bits per heavy atom. The van der Waals surface area contributed by atoms with Crippen molar-refractivity contribution in [3.05, 3.63) is 48.6 Å². The summed E-state index contributed by atoms with van der Waals surface area (Å²) in [4.78, 5) is 0. The second-order valence-electron chi connectivity index (χ2n) is 5.32. The molecule has 2 aliphatic rings. The van der Waals surface area contributed by atoms with E-state index in [1.165, 1.54) is 0 Å². The number of fused-ring (bicyclic) bond motifs is 1. The zero-order chi connectivity index (χ0) is 15.5. The summed E-state index contributed by atoms with van der Waals surface area (Å²) in [5.41, 5.74) is 0.854. The summed E-state index contributed by atoms with van der Waals surface area (Å²) in [5.74, 6) is 0. The fourth-order valence-corrected chi connectivity index (χ4v) is 2.66. The van der Waals surface area contributed by atoms with Gasteiger partial charge >= 0.3 is 0 Å². The summed E-state index contributed by atoms with van der Waals surface area (Å²) < 4.78 is 22.4. The first-order valence-corrected chi connectivity index (χ1v) is 7.27. The molecule has 22 heavy (non-hydrogen) atoms. The Hall–Kier alpha value is -1.28. The van der Waals surface area contributed by atoms with Crippen LogP contribution in [-0.2, 0) is 18.9 Å². The molecule has 1 aromatic carbocycles. The van der Waals surface area contributed by atoms with Gasteiger partial charge in [0.25, 0.3) is 0 Å². The number of ether oxygens (including phenoxy) is 4. The maximum Gasteiger partial charge on any atom is 0.187 e. The first-order chi connectivity index (χ1) is 10.7. The van der Waals surface area contributed by atoms with Crippen molar-refractivity contribution in [2.75, 3.05) is 13.2 Å². The minimum absolute atomic E-state index is 0.222. The highest BCUT2D eigenvalue weighted by atomic mass is 16.8. The third kappa shape index (κ3) is 3.08. The lowest BCUT2D eigenvalue weighted by atomic mass is 9.98. The Labute approximate surface area is 128 Å². The van der Waals surface area contributed by atoms with Gasteiger partial charge < -0.3 is 29.2 Å². The van der Waals surface area contributed by atoms with Gasteiger partial charge in [-0.1, -0.05) is 36.4 Å². The van der Waals surface area contributed by atoms with E-state index in [1.807, 2.05) is 30.3 Å². The second-order valence-corrected chi connectivity index (χ2v) is 5.32. The average molecular weight is 308 g/mol. The molecule has 0 amide bonds. The number of benzene rings is 1. The van der Waals surface area contributed by atoms with Crippen LogP contribution in [0.2, 0.25) is 0 Å². The molecule has 0 radical (unpaired) electrons. The topological polar surface area (TPSA) is 77.4 Å². The Morgan fingerprint density at radius 3 is 2.68 bits per heavy atom. The van der Waals surface area contributed by atoms with Crippen LogP contribution in [0.25, 0.3) is 0 Å². The summed E-state index contributed by atoms with van der Waals surface area (Å²) in [6, 6.07) is 9.44. The molecule has 2 aliphatic heterocycles. The second kappa shape index (κ2) is 6.87. The number of hydrogen-bond donors (Lipinski definition) is 2. The molecule has 0 bridgehead atoms. The molecule has 6 atom stereocenters. The Bertz CT molecular complexity index is 491. The van der Waals surface area contributed by atoms with Crippen LogP contribution in [0.1, 0.15) is 11.9 Å². The Kier molecular flexibility index (Phi) is 4.87. The number of aliphatic hydroxyl groups is 2. The lowest BCUT2D eigenvalue weighted by Gasteiger charge is -2.46. The fraction of sp³-hybridized carbons (Fsp3) is 0.500. The van der Waals surface area contributed by atoms with Gasteiger partial charge in [-0.2, -0.15) is 0 Å². The normalized spacial score (nSPS) is 38.3. The highest BCUT2D eigenvalue weighted by Gasteiger charge is 2.49. The number of hydrogen-bond acceptors (Lipinski definition) is 6. The maximum atomic E-state index is 10.3. The molecule has 2 fully saturated rings. The van der Waals surface area contributed by atoms with E-state index >= 15 is 0 Å². The number of aliphatic hydroxyl groups excluding tert-OH is 2. The van der Waals surface area contributed by atoms with Crippen LogP contribution in [0.5, 0.6) is 0 Å². The van der Waals surface area contributed by atoms with Gasteiger partial charge in [0.2, 0.25) is 0 Å². The van der Waals surface area contributed by atoms with Gasteiger partial charge in [0.15, 0.2) is 12.6 Å². The largest absolute Gasteiger partial charge is 0.387 e. The van der Waals surface area contributed by atoms with Crippen molar-refractivity contribution in [2.45, 2.75) is 37.0 Å². The molecule has 6 heteroatoms. The molecule has 0 aliphatic carbocycles. The summed E-state index contributed by atoms with van der Waals surface area (Å²) in [7, 11) is 0. The Morgan fingerprint density at radius 1 is 1.18 bits per heavy atom. The zero-order valence-electron chi connectivity index (χ0n) is 12.1. The molecule has 0 spiro atoms. The highest BCUT2D eigenvalue weighted by molar-refractivity contribution is 5.16. The van der Waals surface area contributed by atoms with E-state index in [0.29, 0.717) is 0 Å². The van der Waals surface area contributed by atoms with Crippen LogP contribution < -0.4 is 0 Å². The average Bonchev–Trinajstić information content (AvgIpc) is 2.57. The van der Waals surface area contributed by atoms with Crippen LogP contribution in [0.3, 0.4) is 0 Å². The van der Waals surface area contributed by atoms with Gasteiger partial charge in [-0.15, -0.1) is 6.58 Å². The van der Waals surface area contributed by atoms with Crippen molar-refractivity contribution in [2.24, 2.45) is 0 Å². The van der Waals surface area contributed by atoms with Crippen LogP contribution in [0, 0.1) is 0 Å². The lowest BCUT2D eigenvalue weighted by Crippen LogP contribution is -2.62. The van der Waals surface area contributed by atoms with Gasteiger partial charge in [-0.25, -0.2) is 0 Å². The first-order valence-electron chi connectivity index (χ1n) is 7.27. The molecule has 2 N–H and O–H groups in total. The summed E-state index contributed by atoms with van der Waals surface area (Å²) in [5, 5.41) is 20.4. The highest BCUT2D eigenvalue weighted by Crippen LogP contribution is 2.34. The molecular formula is C16H20O6. The fourth-order valence-electron chi connectivity index (χ4n) is 2.66. The lowest BCUT2D eigenvalue weighted by molar-refractivity contribution is -0.360. The van der Waals surface area contributed by atoms with Crippen LogP contribution in [-0.4, -0.2) is 54.1 Å². The molecule has 2 saturated heterocycles. The zero-order valence-corrected chi connectivity index (χ0v) is 12.1. The number of rotatable bonds is 4. The van der Waals surface area contributed by atoms with Crippen molar-refractivity contribution in [1.82, 2.24) is 0 Å². The third-order valence-electron chi connectivity index (χ3n) is 3.78. The van der Waals surface area contributed by atoms with Crippen LogP contribution in [0.4, 0.5) is 0 Å². The molecule has 1 unspecified atom stereocenters. The van der Waals surface area contributed by atoms with Gasteiger partial charge in [-0.3, -0.25) is 0 Å². The van der Waals surface area contributed by atoms with E-state index in [1.54, 1.807) is 6.08 Å². The van der Waals surface area contributed by atoms with Crippen molar-refractivity contribution in [1.29, 1.82) is 0 Å². The van der Waals surface area contributed by atoms with Gasteiger partial charge in [-0.05, 0) is 0 Å².